The van der Waals surface area contributed by atoms with Crippen molar-refractivity contribution >= 4 is 0 Å². The largest absolute Gasteiger partial charge is 0.508 e. The summed E-state index contributed by atoms with van der Waals surface area (Å²) in [6.07, 6.45) is -4.47. The third-order valence-electron chi connectivity index (χ3n) is 2.01. The molecule has 0 saturated heterocycles. The molecule has 0 aromatic heterocycles. The predicted molar refractivity (Wildman–Crippen MR) is 49.1 cm³/mol. The summed E-state index contributed by atoms with van der Waals surface area (Å²) in [5.41, 5.74) is 10.0. The second-order valence-electron chi connectivity index (χ2n) is 3.11. The predicted octanol–water partition coefficient (Wildman–Crippen LogP) is 1.37. The summed E-state index contributed by atoms with van der Waals surface area (Å²) in [6, 6.07) is 1.98. The second-order valence-corrected chi connectivity index (χ2v) is 3.11. The number of benzene rings is 1. The van der Waals surface area contributed by atoms with Crippen LogP contribution >= 0.6 is 0 Å². The number of alkyl halides is 3. The highest BCUT2D eigenvalue weighted by Crippen LogP contribution is 2.33. The molecule has 1 rings (SSSR count). The fourth-order valence-electron chi connectivity index (χ4n) is 1.16. The topological polar surface area (TPSA) is 72.3 Å². The molecule has 1 aromatic carbocycles. The molecule has 6 heteroatoms. The van der Waals surface area contributed by atoms with Crippen molar-refractivity contribution in [2.24, 2.45) is 11.5 Å². The van der Waals surface area contributed by atoms with Crippen molar-refractivity contribution < 1.29 is 18.3 Å². The van der Waals surface area contributed by atoms with Gasteiger partial charge in [-0.05, 0) is 12.1 Å². The normalized spacial score (nSPS) is 13.9. The highest BCUT2D eigenvalue weighted by Gasteiger charge is 2.31. The molecule has 0 aliphatic carbocycles. The van der Waals surface area contributed by atoms with Crippen LogP contribution in [0.1, 0.15) is 17.2 Å². The molecule has 84 valence electrons. The van der Waals surface area contributed by atoms with Gasteiger partial charge in [0.05, 0.1) is 5.56 Å². The maximum atomic E-state index is 12.2. The molecule has 0 aliphatic heterocycles. The van der Waals surface area contributed by atoms with E-state index >= 15 is 0 Å². The van der Waals surface area contributed by atoms with Crippen LogP contribution in [0.2, 0.25) is 0 Å². The van der Waals surface area contributed by atoms with Crippen LogP contribution in [0.4, 0.5) is 13.2 Å². The van der Waals surface area contributed by atoms with Crippen LogP contribution in [-0.4, -0.2) is 11.7 Å². The second kappa shape index (κ2) is 4.08. The SMILES string of the molecule is NC[C@H](N)c1ccc(C(F)(F)F)cc1O. The first-order valence-corrected chi connectivity index (χ1v) is 4.22. The van der Waals surface area contributed by atoms with Crippen LogP contribution in [0.15, 0.2) is 18.2 Å². The lowest BCUT2D eigenvalue weighted by molar-refractivity contribution is -0.137. The fraction of sp³-hybridized carbons (Fsp3) is 0.333. The molecule has 1 aromatic rings. The van der Waals surface area contributed by atoms with E-state index in [1.165, 1.54) is 0 Å². The Morgan fingerprint density at radius 1 is 1.33 bits per heavy atom. The average Bonchev–Trinajstić information content (AvgIpc) is 2.15. The number of halogens is 3. The quantitative estimate of drug-likeness (QED) is 0.704. The fourth-order valence-corrected chi connectivity index (χ4v) is 1.16. The Morgan fingerprint density at radius 3 is 2.33 bits per heavy atom. The Hall–Kier alpha value is -1.27. The summed E-state index contributed by atoms with van der Waals surface area (Å²) < 4.78 is 36.6. The van der Waals surface area contributed by atoms with Crippen molar-refractivity contribution in [2.75, 3.05) is 6.54 Å². The van der Waals surface area contributed by atoms with E-state index < -0.39 is 23.5 Å². The minimum Gasteiger partial charge on any atom is -0.508 e. The summed E-state index contributed by atoms with van der Waals surface area (Å²) in [6.45, 7) is 0.0545. The molecule has 5 N–H and O–H groups in total. The minimum atomic E-state index is -4.47. The zero-order chi connectivity index (χ0) is 11.6. The monoisotopic (exact) mass is 220 g/mol. The van der Waals surface area contributed by atoms with Crippen molar-refractivity contribution in [3.63, 3.8) is 0 Å². The van der Waals surface area contributed by atoms with Crippen molar-refractivity contribution in [2.45, 2.75) is 12.2 Å². The van der Waals surface area contributed by atoms with Gasteiger partial charge in [-0.2, -0.15) is 13.2 Å². The Morgan fingerprint density at radius 2 is 1.93 bits per heavy atom. The van der Waals surface area contributed by atoms with E-state index in [0.29, 0.717) is 6.07 Å². The number of nitrogens with two attached hydrogens (primary N) is 2. The number of hydrogen-bond acceptors (Lipinski definition) is 3. The van der Waals surface area contributed by atoms with E-state index in [4.69, 9.17) is 11.5 Å². The molecule has 0 saturated carbocycles. The van der Waals surface area contributed by atoms with Crippen LogP contribution in [0.3, 0.4) is 0 Å². The van der Waals surface area contributed by atoms with Crippen molar-refractivity contribution in [3.8, 4) is 5.75 Å². The van der Waals surface area contributed by atoms with Gasteiger partial charge in [0.1, 0.15) is 5.75 Å². The molecule has 0 fully saturated rings. The zero-order valence-corrected chi connectivity index (χ0v) is 7.75. The van der Waals surface area contributed by atoms with Gasteiger partial charge >= 0.3 is 6.18 Å². The maximum absolute atomic E-state index is 12.2. The van der Waals surface area contributed by atoms with E-state index in [-0.39, 0.29) is 12.1 Å². The Balaban J connectivity index is 3.09. The van der Waals surface area contributed by atoms with Gasteiger partial charge in [-0.1, -0.05) is 6.07 Å². The van der Waals surface area contributed by atoms with Crippen LogP contribution in [0.5, 0.6) is 5.75 Å². The molecule has 0 bridgehead atoms. The standard InChI is InChI=1S/C9H11F3N2O/c10-9(11,12)5-1-2-6(7(14)4-13)8(15)3-5/h1-3,7,15H,4,13-14H2/t7-/m0/s1. The van der Waals surface area contributed by atoms with Crippen molar-refractivity contribution in [1.29, 1.82) is 0 Å². The number of phenols is 1. The van der Waals surface area contributed by atoms with E-state index in [0.717, 1.165) is 12.1 Å². The zero-order valence-electron chi connectivity index (χ0n) is 7.75. The lowest BCUT2D eigenvalue weighted by atomic mass is 10.0. The summed E-state index contributed by atoms with van der Waals surface area (Å²) >= 11 is 0. The third kappa shape index (κ3) is 2.60. The molecule has 0 spiro atoms. The first-order valence-electron chi connectivity index (χ1n) is 4.22. The molecule has 1 atom stereocenters. The Bertz CT molecular complexity index is 352. The summed E-state index contributed by atoms with van der Waals surface area (Å²) in [4.78, 5) is 0. The third-order valence-corrected chi connectivity index (χ3v) is 2.01. The first-order chi connectivity index (χ1) is 6.86. The van der Waals surface area contributed by atoms with Crippen LogP contribution in [0, 0.1) is 0 Å². The van der Waals surface area contributed by atoms with Gasteiger partial charge < -0.3 is 16.6 Å². The molecule has 0 radical (unpaired) electrons. The van der Waals surface area contributed by atoms with Crippen molar-refractivity contribution in [3.05, 3.63) is 29.3 Å². The average molecular weight is 220 g/mol. The molecule has 0 heterocycles. The number of phenolic OH excluding ortho intramolecular Hbond substituents is 1. The van der Waals surface area contributed by atoms with Gasteiger partial charge in [-0.3, -0.25) is 0 Å². The van der Waals surface area contributed by atoms with Gasteiger partial charge in [0, 0.05) is 18.2 Å². The van der Waals surface area contributed by atoms with Crippen LogP contribution in [0.25, 0.3) is 0 Å². The van der Waals surface area contributed by atoms with Gasteiger partial charge in [0.2, 0.25) is 0 Å². The molecular weight excluding hydrogens is 209 g/mol. The summed E-state index contributed by atoms with van der Waals surface area (Å²) in [5, 5.41) is 9.32. The van der Waals surface area contributed by atoms with Gasteiger partial charge in [-0.25, -0.2) is 0 Å². The van der Waals surface area contributed by atoms with E-state index in [1.54, 1.807) is 0 Å². The maximum Gasteiger partial charge on any atom is 0.416 e. The van der Waals surface area contributed by atoms with Crippen molar-refractivity contribution in [1.82, 2.24) is 0 Å². The van der Waals surface area contributed by atoms with Gasteiger partial charge in [0.15, 0.2) is 0 Å². The molecule has 15 heavy (non-hydrogen) atoms. The van der Waals surface area contributed by atoms with Gasteiger partial charge in [-0.15, -0.1) is 0 Å². The molecule has 0 unspecified atom stereocenters. The van der Waals surface area contributed by atoms with Crippen LogP contribution in [-0.2, 0) is 6.18 Å². The highest BCUT2D eigenvalue weighted by molar-refractivity contribution is 5.39. The Kier molecular flexibility index (Phi) is 3.21. The van der Waals surface area contributed by atoms with E-state index in [1.807, 2.05) is 0 Å². The molecule has 0 amide bonds. The smallest absolute Gasteiger partial charge is 0.416 e. The molecule has 3 nitrogen and oxygen atoms in total. The first kappa shape index (κ1) is 11.8. The lowest BCUT2D eigenvalue weighted by Crippen LogP contribution is -2.21. The number of rotatable bonds is 2. The molecular formula is C9H11F3N2O. The van der Waals surface area contributed by atoms with E-state index in [2.05, 4.69) is 0 Å². The van der Waals surface area contributed by atoms with Gasteiger partial charge in [0.25, 0.3) is 0 Å². The number of aromatic hydroxyl groups is 1. The number of hydrogen-bond donors (Lipinski definition) is 3. The van der Waals surface area contributed by atoms with E-state index in [9.17, 15) is 18.3 Å². The summed E-state index contributed by atoms with van der Waals surface area (Å²) in [5.74, 6) is -0.484. The highest BCUT2D eigenvalue weighted by atomic mass is 19.4. The molecule has 0 aliphatic rings. The lowest BCUT2D eigenvalue weighted by Gasteiger charge is -2.13. The summed E-state index contributed by atoms with van der Waals surface area (Å²) in [7, 11) is 0. The minimum absolute atomic E-state index is 0.0545. The van der Waals surface area contributed by atoms with Crippen LogP contribution < -0.4 is 11.5 Å². The Labute approximate surface area is 84.5 Å².